The average Bonchev–Trinajstić information content (AvgIpc) is 2.99. The third-order valence-electron chi connectivity index (χ3n) is 7.43. The van der Waals surface area contributed by atoms with Gasteiger partial charge < -0.3 is 14.2 Å². The molecule has 0 saturated heterocycles. The Morgan fingerprint density at radius 2 is 0.974 bits per heavy atom. The van der Waals surface area contributed by atoms with E-state index in [2.05, 4.69) is 123 Å². The van der Waals surface area contributed by atoms with Crippen LogP contribution in [0.3, 0.4) is 0 Å². The van der Waals surface area contributed by atoms with Gasteiger partial charge in [0.15, 0.2) is 0 Å². The van der Waals surface area contributed by atoms with E-state index in [1.54, 1.807) is 21.3 Å². The van der Waals surface area contributed by atoms with Gasteiger partial charge in [-0.15, -0.1) is 0 Å². The van der Waals surface area contributed by atoms with Crippen molar-refractivity contribution in [3.05, 3.63) is 103 Å². The van der Waals surface area contributed by atoms with Gasteiger partial charge in [-0.25, -0.2) is 0 Å². The minimum atomic E-state index is -1.20. The monoisotopic (exact) mass is 560 g/mol. The largest absolute Gasteiger partial charge is 0.497 e. The smallest absolute Gasteiger partial charge is 0.128 e. The lowest BCUT2D eigenvalue weighted by atomic mass is 9.10. The molecule has 6 heteroatoms. The fourth-order valence-corrected chi connectivity index (χ4v) is 7.45. The molecule has 0 aromatic heterocycles. The highest BCUT2D eigenvalue weighted by Crippen LogP contribution is 2.27. The molecule has 4 aromatic carbocycles. The third kappa shape index (κ3) is 7.58. The molecule has 3 nitrogen and oxygen atoms in total. The van der Waals surface area contributed by atoms with Gasteiger partial charge in [0.25, 0.3) is 0 Å². The molecule has 0 fully saturated rings. The quantitative estimate of drug-likeness (QED) is 0.125. The van der Waals surface area contributed by atoms with E-state index >= 15 is 0 Å². The summed E-state index contributed by atoms with van der Waals surface area (Å²) < 4.78 is 16.2. The van der Waals surface area contributed by atoms with Gasteiger partial charge in [-0.2, -0.15) is 22.2 Å². The average molecular weight is 561 g/mol. The van der Waals surface area contributed by atoms with Crippen LogP contribution in [0.5, 0.6) is 17.2 Å². The highest BCUT2D eigenvalue weighted by Gasteiger charge is 2.34. The molecule has 0 aliphatic carbocycles. The SMILES string of the molecule is CCC(C)[B-](c1ccc(OC)cc1)(c1ccc(OC)cc1)c1ccc(OC)cc1.C[S+](C)Sc1ccccc1. The van der Waals surface area contributed by atoms with E-state index in [4.69, 9.17) is 14.2 Å². The van der Waals surface area contributed by atoms with Gasteiger partial charge in [-0.1, -0.05) is 74.9 Å². The molecule has 0 saturated carbocycles. The molecule has 0 heterocycles. The molecule has 1 unspecified atom stereocenters. The molecule has 4 aromatic rings. The first-order chi connectivity index (χ1) is 18.9. The van der Waals surface area contributed by atoms with Gasteiger partial charge in [0.1, 0.15) is 40.6 Å². The number of methoxy groups -OCH3 is 3. The van der Waals surface area contributed by atoms with Crippen molar-refractivity contribution in [1.29, 1.82) is 0 Å². The maximum atomic E-state index is 5.41. The zero-order valence-corrected chi connectivity index (χ0v) is 25.9. The molecule has 1 atom stereocenters. The number of ether oxygens (including phenoxy) is 3. The van der Waals surface area contributed by atoms with Crippen LogP contribution in [0.25, 0.3) is 0 Å². The van der Waals surface area contributed by atoms with E-state index in [1.807, 2.05) is 16.9 Å². The number of benzene rings is 4. The molecule has 0 amide bonds. The topological polar surface area (TPSA) is 27.7 Å². The lowest BCUT2D eigenvalue weighted by Crippen LogP contribution is -2.69. The summed E-state index contributed by atoms with van der Waals surface area (Å²) in [7, 11) is 7.49. The number of rotatable bonds is 10. The molecule has 0 aliphatic rings. The van der Waals surface area contributed by atoms with Crippen molar-refractivity contribution in [2.75, 3.05) is 33.8 Å². The molecule has 0 aliphatic heterocycles. The Morgan fingerprint density at radius 3 is 1.26 bits per heavy atom. The predicted molar refractivity (Wildman–Crippen MR) is 175 cm³/mol. The summed E-state index contributed by atoms with van der Waals surface area (Å²) in [6.07, 6.45) is 4.32. The van der Waals surface area contributed by atoms with Gasteiger partial charge in [0.05, 0.1) is 42.3 Å². The first-order valence-corrected chi connectivity index (χ1v) is 16.7. The highest BCUT2D eigenvalue weighted by atomic mass is 33.1. The maximum absolute atomic E-state index is 5.41. The third-order valence-corrected chi connectivity index (χ3v) is 9.80. The van der Waals surface area contributed by atoms with Crippen LogP contribution in [0.2, 0.25) is 5.82 Å². The summed E-state index contributed by atoms with van der Waals surface area (Å²) in [4.78, 5) is 1.37. The standard InChI is InChI=1S/C25H30BO3.C8H11S2/c1-6-19(2)26(20-7-13-23(27-3)14-8-20,21-9-15-24(28-4)16-10-21)22-11-17-25(29-5)18-12-22;1-10(2)9-8-6-4-3-5-7-8/h7-19H,6H2,1-5H3;3-7H,1-2H3/q-1;+1. The summed E-state index contributed by atoms with van der Waals surface area (Å²) in [5.41, 5.74) is 3.90. The van der Waals surface area contributed by atoms with E-state index in [0.717, 1.165) is 23.7 Å². The zero-order chi connectivity index (χ0) is 28.3. The summed E-state index contributed by atoms with van der Waals surface area (Å²) in [6, 6.07) is 36.1. The Kier molecular flexibility index (Phi) is 11.8. The molecule has 206 valence electrons. The molecular weight excluding hydrogens is 519 g/mol. The molecule has 0 radical (unpaired) electrons. The summed E-state index contributed by atoms with van der Waals surface area (Å²) in [5, 5.41) is 0. The number of hydrogen-bond acceptors (Lipinski definition) is 4. The molecule has 0 bridgehead atoms. The van der Waals surface area contributed by atoms with Crippen molar-refractivity contribution in [1.82, 2.24) is 0 Å². The zero-order valence-electron chi connectivity index (χ0n) is 24.2. The fraction of sp³-hybridized carbons (Fsp3) is 0.273. The molecule has 4 rings (SSSR count). The molecule has 39 heavy (non-hydrogen) atoms. The van der Waals surface area contributed by atoms with Crippen molar-refractivity contribution in [2.45, 2.75) is 31.0 Å². The molecule has 0 N–H and O–H groups in total. The van der Waals surface area contributed by atoms with Crippen LogP contribution in [-0.2, 0) is 9.93 Å². The van der Waals surface area contributed by atoms with Crippen LogP contribution in [0.4, 0.5) is 0 Å². The van der Waals surface area contributed by atoms with Crippen molar-refractivity contribution in [3.8, 4) is 17.2 Å². The van der Waals surface area contributed by atoms with Gasteiger partial charge in [0.2, 0.25) is 0 Å². The van der Waals surface area contributed by atoms with Gasteiger partial charge in [-0.3, -0.25) is 0 Å². The van der Waals surface area contributed by atoms with E-state index < -0.39 is 6.15 Å². The van der Waals surface area contributed by atoms with E-state index in [1.165, 1.54) is 21.3 Å². The predicted octanol–water partition coefficient (Wildman–Crippen LogP) is 6.55. The van der Waals surface area contributed by atoms with Crippen molar-refractivity contribution >= 4 is 43.3 Å². The fourth-order valence-electron chi connectivity index (χ4n) is 5.31. The van der Waals surface area contributed by atoms with Crippen LogP contribution >= 0.6 is 10.8 Å². The van der Waals surface area contributed by atoms with Crippen molar-refractivity contribution < 1.29 is 14.2 Å². The first-order valence-electron chi connectivity index (χ1n) is 13.3. The maximum Gasteiger partial charge on any atom is 0.128 e. The molecule has 0 spiro atoms. The highest BCUT2D eigenvalue weighted by molar-refractivity contribution is 8.73. The van der Waals surface area contributed by atoms with Crippen LogP contribution in [0.1, 0.15) is 20.3 Å². The Bertz CT molecular complexity index is 1130. The van der Waals surface area contributed by atoms with Crippen molar-refractivity contribution in [2.24, 2.45) is 0 Å². The minimum Gasteiger partial charge on any atom is -0.497 e. The second kappa shape index (κ2) is 15.0. The Labute approximate surface area is 242 Å². The summed E-state index contributed by atoms with van der Waals surface area (Å²) in [6.45, 7) is 4.61. The summed E-state index contributed by atoms with van der Waals surface area (Å²) in [5.74, 6) is 3.02. The van der Waals surface area contributed by atoms with E-state index in [-0.39, 0.29) is 0 Å². The summed E-state index contributed by atoms with van der Waals surface area (Å²) >= 11 is 0. The Balaban J connectivity index is 0.000000353. The van der Waals surface area contributed by atoms with Crippen molar-refractivity contribution in [3.63, 3.8) is 0 Å². The Hall–Kier alpha value is -2.96. The van der Waals surface area contributed by atoms with E-state index in [0.29, 0.717) is 15.7 Å². The first kappa shape index (κ1) is 30.6. The van der Waals surface area contributed by atoms with E-state index in [9.17, 15) is 0 Å². The lowest BCUT2D eigenvalue weighted by molar-refractivity contribution is 0.415. The lowest BCUT2D eigenvalue weighted by Gasteiger charge is -2.48. The normalized spacial score (nSPS) is 11.8. The van der Waals surface area contributed by atoms with Crippen LogP contribution in [-0.4, -0.2) is 40.0 Å². The second-order valence-electron chi connectivity index (χ2n) is 9.78. The van der Waals surface area contributed by atoms with Crippen LogP contribution in [0, 0.1) is 0 Å². The van der Waals surface area contributed by atoms with Gasteiger partial charge >= 0.3 is 0 Å². The number of hydrogen-bond donors (Lipinski definition) is 0. The van der Waals surface area contributed by atoms with Gasteiger partial charge in [-0.05, 0) is 48.5 Å². The van der Waals surface area contributed by atoms with Gasteiger partial charge in [0, 0.05) is 0 Å². The van der Waals surface area contributed by atoms with Crippen LogP contribution in [0.15, 0.2) is 108 Å². The molecular formula is C33H41BO3S2. The second-order valence-corrected chi connectivity index (χ2v) is 14.4. The minimum absolute atomic E-state index is 0.421. The Morgan fingerprint density at radius 1 is 0.615 bits per heavy atom. The van der Waals surface area contributed by atoms with Crippen LogP contribution < -0.4 is 30.6 Å².